The van der Waals surface area contributed by atoms with Crippen LogP contribution < -0.4 is 15.4 Å². The zero-order valence-electron chi connectivity index (χ0n) is 16.3. The van der Waals surface area contributed by atoms with Crippen molar-refractivity contribution in [3.8, 4) is 11.3 Å². The highest BCUT2D eigenvalue weighted by atomic mass is 19.1. The molecule has 0 aromatic carbocycles. The highest BCUT2D eigenvalue weighted by molar-refractivity contribution is 5.60. The first-order valence-corrected chi connectivity index (χ1v) is 9.34. The van der Waals surface area contributed by atoms with Gasteiger partial charge in [0.1, 0.15) is 0 Å². The number of aromatic nitrogens is 7. The number of nitrogens with zero attached hydrogens (tertiary/aromatic N) is 9. The smallest absolute Gasteiger partial charge is 0.255 e. The fraction of sp³-hybridized carbons (Fsp3) is 0.444. The van der Waals surface area contributed by atoms with E-state index in [1.165, 1.54) is 22.9 Å². The lowest BCUT2D eigenvalue weighted by molar-refractivity contribution is 0.623. The predicted molar refractivity (Wildman–Crippen MR) is 103 cm³/mol. The molecule has 1 aliphatic carbocycles. The fourth-order valence-electron chi connectivity index (χ4n) is 4.42. The van der Waals surface area contributed by atoms with Crippen LogP contribution in [-0.2, 0) is 14.1 Å². The maximum Gasteiger partial charge on any atom is 0.255 e. The Labute approximate surface area is 165 Å². The second-order valence-electron chi connectivity index (χ2n) is 7.63. The van der Waals surface area contributed by atoms with E-state index in [4.69, 9.17) is 0 Å². The summed E-state index contributed by atoms with van der Waals surface area (Å²) in [6, 6.07) is 3.15. The monoisotopic (exact) mass is 397 g/mol. The SMILES string of the molecule is CN(c1nc(-c2ccncc2F)cc(=O)n1C)[C@H]1[C@@H]2CN(c3nnnn3C)C[C@@H]21. The zero-order chi connectivity index (χ0) is 20.3. The number of rotatable bonds is 4. The lowest BCUT2D eigenvalue weighted by atomic mass is 10.2. The van der Waals surface area contributed by atoms with Crippen LogP contribution in [0.15, 0.2) is 29.3 Å². The summed E-state index contributed by atoms with van der Waals surface area (Å²) in [6.45, 7) is 1.70. The molecule has 5 rings (SSSR count). The van der Waals surface area contributed by atoms with E-state index in [-0.39, 0.29) is 17.2 Å². The second-order valence-corrected chi connectivity index (χ2v) is 7.63. The number of halogens is 1. The van der Waals surface area contributed by atoms with Crippen molar-refractivity contribution >= 4 is 11.9 Å². The molecule has 1 saturated carbocycles. The van der Waals surface area contributed by atoms with Crippen LogP contribution >= 0.6 is 0 Å². The van der Waals surface area contributed by atoms with Gasteiger partial charge < -0.3 is 9.80 Å². The summed E-state index contributed by atoms with van der Waals surface area (Å²) in [5, 5.41) is 11.7. The summed E-state index contributed by atoms with van der Waals surface area (Å²) >= 11 is 0. The summed E-state index contributed by atoms with van der Waals surface area (Å²) in [4.78, 5) is 25.1. The molecule has 0 spiro atoms. The number of hydrogen-bond donors (Lipinski definition) is 0. The Kier molecular flexibility index (Phi) is 3.86. The summed E-state index contributed by atoms with van der Waals surface area (Å²) in [5.74, 6) is 1.66. The normalized spacial score (nSPS) is 22.6. The van der Waals surface area contributed by atoms with Crippen molar-refractivity contribution in [2.45, 2.75) is 6.04 Å². The topological polar surface area (TPSA) is 97.9 Å². The lowest BCUT2D eigenvalue weighted by Crippen LogP contribution is -2.36. The number of pyridine rings is 1. The van der Waals surface area contributed by atoms with Crippen molar-refractivity contribution < 1.29 is 4.39 Å². The van der Waals surface area contributed by atoms with Gasteiger partial charge in [0, 0.05) is 69.9 Å². The van der Waals surface area contributed by atoms with Crippen molar-refractivity contribution in [1.29, 1.82) is 0 Å². The molecule has 0 bridgehead atoms. The van der Waals surface area contributed by atoms with Gasteiger partial charge in [-0.1, -0.05) is 5.10 Å². The molecule has 4 heterocycles. The number of hydrogen-bond acceptors (Lipinski definition) is 8. The standard InChI is InChI=1S/C18H20FN9O/c1-25-15(29)6-14(10-4-5-20-7-13(10)19)21-17(25)26(2)16-11-8-28(9-12(11)16)18-22-23-24-27(18)3/h4-7,11-12,16H,8-9H2,1-3H3/t11-,12+,16+. The van der Waals surface area contributed by atoms with Crippen LogP contribution in [0.25, 0.3) is 11.3 Å². The Morgan fingerprint density at radius 2 is 2.00 bits per heavy atom. The third-order valence-electron chi connectivity index (χ3n) is 5.95. The maximum atomic E-state index is 14.2. The molecule has 2 fully saturated rings. The first kappa shape index (κ1) is 17.7. The summed E-state index contributed by atoms with van der Waals surface area (Å²) in [5.41, 5.74) is 0.349. The molecular formula is C18H20FN9O. The van der Waals surface area contributed by atoms with Gasteiger partial charge in [-0.05, 0) is 16.5 Å². The van der Waals surface area contributed by atoms with Crippen molar-refractivity contribution in [3.05, 3.63) is 40.7 Å². The van der Waals surface area contributed by atoms with E-state index in [2.05, 4.69) is 30.4 Å². The zero-order valence-corrected chi connectivity index (χ0v) is 16.3. The summed E-state index contributed by atoms with van der Waals surface area (Å²) in [6.07, 6.45) is 2.61. The van der Waals surface area contributed by atoms with Crippen molar-refractivity contribution in [2.75, 3.05) is 29.9 Å². The molecule has 0 unspecified atom stereocenters. The Morgan fingerprint density at radius 1 is 1.24 bits per heavy atom. The van der Waals surface area contributed by atoms with E-state index in [1.54, 1.807) is 11.7 Å². The molecule has 0 amide bonds. The largest absolute Gasteiger partial charge is 0.342 e. The lowest BCUT2D eigenvalue weighted by Gasteiger charge is -2.26. The van der Waals surface area contributed by atoms with Gasteiger partial charge >= 0.3 is 0 Å². The summed E-state index contributed by atoms with van der Waals surface area (Å²) < 4.78 is 17.3. The third kappa shape index (κ3) is 2.76. The van der Waals surface area contributed by atoms with Crippen molar-refractivity contribution in [1.82, 2.24) is 34.7 Å². The molecule has 10 nitrogen and oxygen atoms in total. The fourth-order valence-corrected chi connectivity index (χ4v) is 4.42. The highest BCUT2D eigenvalue weighted by Crippen LogP contribution is 2.49. The molecule has 2 aliphatic rings. The predicted octanol–water partition coefficient (Wildman–Crippen LogP) is 0.0759. The first-order valence-electron chi connectivity index (χ1n) is 9.34. The van der Waals surface area contributed by atoms with Crippen LogP contribution in [0.3, 0.4) is 0 Å². The minimum absolute atomic E-state index is 0.231. The minimum Gasteiger partial charge on any atom is -0.342 e. The van der Waals surface area contributed by atoms with E-state index < -0.39 is 5.82 Å². The molecule has 0 N–H and O–H groups in total. The van der Waals surface area contributed by atoms with Crippen LogP contribution in [0, 0.1) is 17.7 Å². The Bertz CT molecular complexity index is 1130. The molecule has 29 heavy (non-hydrogen) atoms. The molecule has 3 atom stereocenters. The van der Waals surface area contributed by atoms with Gasteiger partial charge in [0.2, 0.25) is 11.9 Å². The number of tetrazole rings is 1. The van der Waals surface area contributed by atoms with Gasteiger partial charge in [-0.15, -0.1) is 0 Å². The van der Waals surface area contributed by atoms with E-state index in [0.717, 1.165) is 25.2 Å². The molecule has 11 heteroatoms. The second kappa shape index (κ2) is 6.33. The minimum atomic E-state index is -0.502. The van der Waals surface area contributed by atoms with Crippen LogP contribution in [0.2, 0.25) is 0 Å². The molecular weight excluding hydrogens is 377 g/mol. The van der Waals surface area contributed by atoms with Gasteiger partial charge in [-0.25, -0.2) is 14.1 Å². The van der Waals surface area contributed by atoms with Gasteiger partial charge in [-0.3, -0.25) is 14.3 Å². The van der Waals surface area contributed by atoms with E-state index in [1.807, 2.05) is 19.0 Å². The number of aryl methyl sites for hydroxylation is 1. The number of fused-ring (bicyclic) bond motifs is 1. The van der Waals surface area contributed by atoms with E-state index in [0.29, 0.717) is 23.5 Å². The van der Waals surface area contributed by atoms with Gasteiger partial charge in [0.25, 0.3) is 5.56 Å². The van der Waals surface area contributed by atoms with Crippen molar-refractivity contribution in [3.63, 3.8) is 0 Å². The quantitative estimate of drug-likeness (QED) is 0.610. The van der Waals surface area contributed by atoms with Crippen LogP contribution in [-0.4, -0.2) is 60.9 Å². The molecule has 1 saturated heterocycles. The average molecular weight is 397 g/mol. The molecule has 1 aliphatic heterocycles. The van der Waals surface area contributed by atoms with Gasteiger partial charge in [0.15, 0.2) is 5.82 Å². The Hall–Kier alpha value is -3.37. The maximum absolute atomic E-state index is 14.2. The highest BCUT2D eigenvalue weighted by Gasteiger charge is 2.59. The average Bonchev–Trinajstić information content (AvgIpc) is 3.02. The van der Waals surface area contributed by atoms with Crippen LogP contribution in [0.4, 0.5) is 16.3 Å². The van der Waals surface area contributed by atoms with Gasteiger partial charge in [0.05, 0.1) is 11.9 Å². The van der Waals surface area contributed by atoms with Crippen LogP contribution in [0.5, 0.6) is 0 Å². The number of piperidine rings is 1. The molecule has 3 aromatic rings. The molecule has 150 valence electrons. The summed E-state index contributed by atoms with van der Waals surface area (Å²) in [7, 11) is 5.45. The van der Waals surface area contributed by atoms with E-state index >= 15 is 0 Å². The Balaban J connectivity index is 1.40. The Morgan fingerprint density at radius 3 is 2.66 bits per heavy atom. The van der Waals surface area contributed by atoms with Crippen molar-refractivity contribution in [2.24, 2.45) is 25.9 Å². The van der Waals surface area contributed by atoms with Gasteiger partial charge in [-0.2, -0.15) is 0 Å². The van der Waals surface area contributed by atoms with Crippen LogP contribution in [0.1, 0.15) is 0 Å². The first-order chi connectivity index (χ1) is 14.0. The van der Waals surface area contributed by atoms with E-state index in [9.17, 15) is 9.18 Å². The molecule has 3 aromatic heterocycles. The number of anilines is 2. The molecule has 0 radical (unpaired) electrons. The third-order valence-corrected chi connectivity index (χ3v) is 5.95.